The maximum atomic E-state index is 11.9. The number of hydrogen-bond acceptors (Lipinski definition) is 4. The summed E-state index contributed by atoms with van der Waals surface area (Å²) >= 11 is 0. The van der Waals surface area contributed by atoms with Crippen LogP contribution in [0.1, 0.15) is 31.4 Å². The van der Waals surface area contributed by atoms with Gasteiger partial charge in [0.25, 0.3) is 0 Å². The second-order valence-corrected chi connectivity index (χ2v) is 6.55. The van der Waals surface area contributed by atoms with Crippen molar-refractivity contribution < 1.29 is 13.5 Å². The molecule has 6 heteroatoms. The third-order valence-corrected chi connectivity index (χ3v) is 4.14. The molecule has 0 heterocycles. The van der Waals surface area contributed by atoms with Gasteiger partial charge in [-0.3, -0.25) is 0 Å². The molecule has 104 valence electrons. The quantitative estimate of drug-likeness (QED) is 0.818. The number of aliphatic hydroxyl groups is 1. The summed E-state index contributed by atoms with van der Waals surface area (Å²) in [7, 11) is -3.52. The van der Waals surface area contributed by atoms with Crippen molar-refractivity contribution in [2.45, 2.75) is 31.6 Å². The lowest BCUT2D eigenvalue weighted by atomic mass is 10.1. The largest absolute Gasteiger partial charge is 0.389 e. The van der Waals surface area contributed by atoms with Crippen LogP contribution >= 0.6 is 0 Å². The van der Waals surface area contributed by atoms with E-state index in [1.165, 1.54) is 6.07 Å². The van der Waals surface area contributed by atoms with Crippen LogP contribution in [-0.4, -0.2) is 25.7 Å². The maximum Gasteiger partial charge on any atom is 0.215 e. The normalized spacial score (nSPS) is 14.6. The minimum Gasteiger partial charge on any atom is -0.389 e. The molecule has 0 saturated carbocycles. The first-order chi connectivity index (χ1) is 8.78. The van der Waals surface area contributed by atoms with Gasteiger partial charge >= 0.3 is 0 Å². The van der Waals surface area contributed by atoms with E-state index in [1.807, 2.05) is 6.07 Å². The van der Waals surface area contributed by atoms with Crippen LogP contribution in [0.3, 0.4) is 0 Å². The van der Waals surface area contributed by atoms with E-state index >= 15 is 0 Å². The molecule has 5 nitrogen and oxygen atoms in total. The van der Waals surface area contributed by atoms with E-state index in [2.05, 4.69) is 4.72 Å². The number of nitrogens with zero attached hydrogens (tertiary/aromatic N) is 1. The van der Waals surface area contributed by atoms with Crippen LogP contribution in [0.4, 0.5) is 0 Å². The summed E-state index contributed by atoms with van der Waals surface area (Å²) in [5, 5.41) is 18.5. The van der Waals surface area contributed by atoms with Crippen LogP contribution in [0.25, 0.3) is 0 Å². The lowest BCUT2D eigenvalue weighted by Gasteiger charge is -2.21. The van der Waals surface area contributed by atoms with Gasteiger partial charge in [0.15, 0.2) is 0 Å². The number of rotatable bonds is 6. The van der Waals surface area contributed by atoms with Crippen molar-refractivity contribution in [3.8, 4) is 6.07 Å². The molecule has 2 N–H and O–H groups in total. The average Bonchev–Trinajstić information content (AvgIpc) is 2.36. The Kier molecular flexibility index (Phi) is 5.06. The van der Waals surface area contributed by atoms with Crippen LogP contribution < -0.4 is 4.72 Å². The topological polar surface area (TPSA) is 90.2 Å². The van der Waals surface area contributed by atoms with Crippen LogP contribution in [-0.2, 0) is 15.8 Å². The summed E-state index contributed by atoms with van der Waals surface area (Å²) in [6.07, 6.45) is 0.458. The second-order valence-electron chi connectivity index (χ2n) is 4.74. The minimum atomic E-state index is -3.52. The summed E-state index contributed by atoms with van der Waals surface area (Å²) in [4.78, 5) is 0. The highest BCUT2D eigenvalue weighted by atomic mass is 32.2. The fourth-order valence-corrected chi connectivity index (χ4v) is 2.64. The first-order valence-electron chi connectivity index (χ1n) is 5.97. The molecule has 1 unspecified atom stereocenters. The molecule has 0 bridgehead atoms. The highest BCUT2D eigenvalue weighted by Crippen LogP contribution is 2.10. The van der Waals surface area contributed by atoms with E-state index in [0.29, 0.717) is 17.5 Å². The van der Waals surface area contributed by atoms with E-state index in [1.54, 1.807) is 32.0 Å². The number of nitrogens with one attached hydrogen (secondary N) is 1. The second kappa shape index (κ2) is 6.15. The van der Waals surface area contributed by atoms with Crippen LogP contribution in [0.15, 0.2) is 24.3 Å². The Hall–Kier alpha value is -1.42. The molecule has 1 atom stereocenters. The van der Waals surface area contributed by atoms with Crippen molar-refractivity contribution in [3.63, 3.8) is 0 Å². The molecule has 0 amide bonds. The fraction of sp³-hybridized carbons (Fsp3) is 0.462. The predicted octanol–water partition coefficient (Wildman–Crippen LogP) is 1.14. The Bertz CT molecular complexity index is 574. The molecule has 1 aromatic carbocycles. The molecule has 0 saturated heterocycles. The zero-order chi connectivity index (χ0) is 14.5. The van der Waals surface area contributed by atoms with Crippen molar-refractivity contribution in [3.05, 3.63) is 35.4 Å². The van der Waals surface area contributed by atoms with Gasteiger partial charge in [0.1, 0.15) is 0 Å². The lowest BCUT2D eigenvalue weighted by molar-refractivity contribution is 0.0613. The molecule has 0 spiro atoms. The Morgan fingerprint density at radius 3 is 2.74 bits per heavy atom. The van der Waals surface area contributed by atoms with E-state index in [9.17, 15) is 13.5 Å². The van der Waals surface area contributed by atoms with Crippen LogP contribution in [0.5, 0.6) is 0 Å². The Labute approximate surface area is 113 Å². The van der Waals surface area contributed by atoms with Gasteiger partial charge in [-0.1, -0.05) is 19.1 Å². The predicted molar refractivity (Wildman–Crippen MR) is 72.7 cm³/mol. The standard InChI is InChI=1S/C13H18N2O3S/c1-3-13(2,16)10-15-19(17,18)9-12-6-4-5-11(7-12)8-14/h4-7,15-16H,3,9-10H2,1-2H3. The highest BCUT2D eigenvalue weighted by molar-refractivity contribution is 7.88. The van der Waals surface area contributed by atoms with Gasteiger partial charge < -0.3 is 5.11 Å². The van der Waals surface area contributed by atoms with Crippen LogP contribution in [0, 0.1) is 11.3 Å². The Morgan fingerprint density at radius 2 is 2.16 bits per heavy atom. The van der Waals surface area contributed by atoms with Gasteiger partial charge in [-0.05, 0) is 31.0 Å². The molecular weight excluding hydrogens is 264 g/mol. The van der Waals surface area contributed by atoms with Gasteiger partial charge in [0.05, 0.1) is 23.0 Å². The SMILES string of the molecule is CCC(C)(O)CNS(=O)(=O)Cc1cccc(C#N)c1. The summed E-state index contributed by atoms with van der Waals surface area (Å²) in [6, 6.07) is 8.41. The molecule has 1 rings (SSSR count). The van der Waals surface area contributed by atoms with Gasteiger partial charge in [0.2, 0.25) is 10.0 Å². The van der Waals surface area contributed by atoms with Gasteiger partial charge in [0, 0.05) is 6.54 Å². The van der Waals surface area contributed by atoms with E-state index in [0.717, 1.165) is 0 Å². The number of benzene rings is 1. The van der Waals surface area contributed by atoms with E-state index in [4.69, 9.17) is 5.26 Å². The molecule has 0 aromatic heterocycles. The van der Waals surface area contributed by atoms with E-state index in [-0.39, 0.29) is 12.3 Å². The summed E-state index contributed by atoms with van der Waals surface area (Å²) in [5.74, 6) is -0.206. The summed E-state index contributed by atoms with van der Waals surface area (Å²) < 4.78 is 26.1. The molecule has 0 aliphatic carbocycles. The van der Waals surface area contributed by atoms with Gasteiger partial charge in [-0.15, -0.1) is 0 Å². The summed E-state index contributed by atoms with van der Waals surface area (Å²) in [6.45, 7) is 3.33. The number of sulfonamides is 1. The first kappa shape index (κ1) is 15.6. The Balaban J connectivity index is 2.72. The smallest absolute Gasteiger partial charge is 0.215 e. The van der Waals surface area contributed by atoms with Crippen molar-refractivity contribution in [1.29, 1.82) is 5.26 Å². The molecular formula is C13H18N2O3S. The molecule has 19 heavy (non-hydrogen) atoms. The molecule has 0 aliphatic rings. The van der Waals surface area contributed by atoms with Crippen molar-refractivity contribution in [2.75, 3.05) is 6.54 Å². The fourth-order valence-electron chi connectivity index (χ4n) is 1.39. The third-order valence-electron chi connectivity index (χ3n) is 2.85. The molecule has 0 fully saturated rings. The van der Waals surface area contributed by atoms with Crippen molar-refractivity contribution in [1.82, 2.24) is 4.72 Å². The highest BCUT2D eigenvalue weighted by Gasteiger charge is 2.21. The van der Waals surface area contributed by atoms with Gasteiger partial charge in [-0.25, -0.2) is 13.1 Å². The Morgan fingerprint density at radius 1 is 1.47 bits per heavy atom. The lowest BCUT2D eigenvalue weighted by Crippen LogP contribution is -2.40. The first-order valence-corrected chi connectivity index (χ1v) is 7.62. The molecule has 0 aliphatic heterocycles. The molecule has 1 aromatic rings. The van der Waals surface area contributed by atoms with E-state index < -0.39 is 15.6 Å². The maximum absolute atomic E-state index is 11.9. The zero-order valence-electron chi connectivity index (χ0n) is 11.0. The third kappa shape index (κ3) is 5.39. The number of hydrogen-bond donors (Lipinski definition) is 2. The summed E-state index contributed by atoms with van der Waals surface area (Å²) in [5.41, 5.74) is -0.0855. The van der Waals surface area contributed by atoms with Gasteiger partial charge in [-0.2, -0.15) is 5.26 Å². The minimum absolute atomic E-state index is 0.0240. The zero-order valence-corrected chi connectivity index (χ0v) is 11.9. The number of nitriles is 1. The molecule has 0 radical (unpaired) electrons. The van der Waals surface area contributed by atoms with Crippen molar-refractivity contribution in [2.24, 2.45) is 0 Å². The monoisotopic (exact) mass is 282 g/mol. The average molecular weight is 282 g/mol. The van der Waals surface area contributed by atoms with Crippen LogP contribution in [0.2, 0.25) is 0 Å². The van der Waals surface area contributed by atoms with Crippen molar-refractivity contribution >= 4 is 10.0 Å².